The predicted octanol–water partition coefficient (Wildman–Crippen LogP) is 5.55. The average Bonchev–Trinajstić information content (AvgIpc) is 2.88. The molecule has 1 unspecified atom stereocenters. The largest absolute Gasteiger partial charge is 0.487 e. The van der Waals surface area contributed by atoms with Gasteiger partial charge in [0.25, 0.3) is 0 Å². The Morgan fingerprint density at radius 3 is 2.11 bits per heavy atom. The second-order valence-corrected chi connectivity index (χ2v) is 6.41. The van der Waals surface area contributed by atoms with Gasteiger partial charge >= 0.3 is 0 Å². The monoisotopic (exact) mass is 260 g/mol. The average molecular weight is 260 g/mol. The van der Waals surface area contributed by atoms with Crippen molar-refractivity contribution in [1.82, 2.24) is 0 Å². The van der Waals surface area contributed by atoms with Crippen molar-refractivity contribution >= 4 is 0 Å². The molecule has 1 aromatic carbocycles. The summed E-state index contributed by atoms with van der Waals surface area (Å²) < 4.78 is 6.39. The van der Waals surface area contributed by atoms with Crippen molar-refractivity contribution in [2.24, 2.45) is 5.92 Å². The summed E-state index contributed by atoms with van der Waals surface area (Å²) >= 11 is 0. The molecule has 0 aromatic heterocycles. The summed E-state index contributed by atoms with van der Waals surface area (Å²) in [5.41, 5.74) is 1.50. The number of ether oxygens (including phenoxy) is 1. The van der Waals surface area contributed by atoms with Crippen molar-refractivity contribution in [3.63, 3.8) is 0 Å². The van der Waals surface area contributed by atoms with Gasteiger partial charge in [-0.05, 0) is 61.6 Å². The minimum atomic E-state index is 0.0812. The fourth-order valence-electron chi connectivity index (χ4n) is 3.11. The first-order valence-corrected chi connectivity index (χ1v) is 7.86. The van der Waals surface area contributed by atoms with Crippen LogP contribution in [0.25, 0.3) is 0 Å². The van der Waals surface area contributed by atoms with Gasteiger partial charge in [0.15, 0.2) is 0 Å². The molecule has 1 aliphatic carbocycles. The van der Waals surface area contributed by atoms with Crippen LogP contribution < -0.4 is 4.74 Å². The van der Waals surface area contributed by atoms with E-state index in [1.807, 2.05) is 0 Å². The smallest absolute Gasteiger partial charge is 0.120 e. The van der Waals surface area contributed by atoms with Gasteiger partial charge in [-0.1, -0.05) is 39.8 Å². The first kappa shape index (κ1) is 14.4. The zero-order valence-corrected chi connectivity index (χ0v) is 12.9. The van der Waals surface area contributed by atoms with Crippen molar-refractivity contribution in [2.75, 3.05) is 0 Å². The van der Waals surface area contributed by atoms with E-state index >= 15 is 0 Å². The normalized spacial score (nSPS) is 19.6. The van der Waals surface area contributed by atoms with Crippen LogP contribution in [0.5, 0.6) is 5.75 Å². The lowest BCUT2D eigenvalue weighted by atomic mass is 9.88. The highest BCUT2D eigenvalue weighted by molar-refractivity contribution is 5.30. The van der Waals surface area contributed by atoms with Crippen LogP contribution in [-0.4, -0.2) is 5.60 Å². The molecule has 1 saturated carbocycles. The highest BCUT2D eigenvalue weighted by Crippen LogP contribution is 2.40. The molecule has 1 aromatic rings. The molecule has 0 bridgehead atoms. The summed E-state index contributed by atoms with van der Waals surface area (Å²) in [5, 5.41) is 0. The quantitative estimate of drug-likeness (QED) is 0.674. The van der Waals surface area contributed by atoms with Crippen molar-refractivity contribution < 1.29 is 4.74 Å². The maximum Gasteiger partial charge on any atom is 0.120 e. The molecular formula is C18H28O. The fourth-order valence-corrected chi connectivity index (χ4v) is 3.11. The Balaban J connectivity index is 2.10. The van der Waals surface area contributed by atoms with Gasteiger partial charge in [-0.3, -0.25) is 0 Å². The molecule has 1 nitrogen and oxygen atoms in total. The van der Waals surface area contributed by atoms with Crippen LogP contribution in [0.1, 0.15) is 71.3 Å². The summed E-state index contributed by atoms with van der Waals surface area (Å²) in [6.45, 7) is 9.10. The van der Waals surface area contributed by atoms with Gasteiger partial charge in [-0.2, -0.15) is 0 Å². The highest BCUT2D eigenvalue weighted by atomic mass is 16.5. The highest BCUT2D eigenvalue weighted by Gasteiger charge is 2.39. The molecule has 0 saturated heterocycles. The van der Waals surface area contributed by atoms with Gasteiger partial charge in [0.05, 0.1) is 0 Å². The van der Waals surface area contributed by atoms with Crippen LogP contribution >= 0.6 is 0 Å². The standard InChI is InChI=1S/C18H28O/c1-5-15(4)16-8-10-17(11-9-16)19-18(14(2)3)12-6-7-13-18/h8-11,14-15H,5-7,12-13H2,1-4H3. The van der Waals surface area contributed by atoms with Gasteiger partial charge in [0.2, 0.25) is 0 Å². The van der Waals surface area contributed by atoms with Gasteiger partial charge < -0.3 is 4.74 Å². The van der Waals surface area contributed by atoms with Gasteiger partial charge in [0.1, 0.15) is 11.4 Å². The second kappa shape index (κ2) is 5.98. The van der Waals surface area contributed by atoms with E-state index in [4.69, 9.17) is 4.74 Å². The number of rotatable bonds is 5. The first-order valence-electron chi connectivity index (χ1n) is 7.86. The maximum atomic E-state index is 6.39. The summed E-state index contributed by atoms with van der Waals surface area (Å²) in [4.78, 5) is 0. The zero-order chi connectivity index (χ0) is 13.9. The van der Waals surface area contributed by atoms with Crippen molar-refractivity contribution in [2.45, 2.75) is 71.3 Å². The molecule has 0 heterocycles. The summed E-state index contributed by atoms with van der Waals surface area (Å²) in [7, 11) is 0. The van der Waals surface area contributed by atoms with Crippen LogP contribution in [-0.2, 0) is 0 Å². The third kappa shape index (κ3) is 3.13. The van der Waals surface area contributed by atoms with Crippen molar-refractivity contribution in [3.05, 3.63) is 29.8 Å². The predicted molar refractivity (Wildman–Crippen MR) is 81.8 cm³/mol. The number of hydrogen-bond acceptors (Lipinski definition) is 1. The fraction of sp³-hybridized carbons (Fsp3) is 0.667. The van der Waals surface area contributed by atoms with E-state index in [0.717, 1.165) is 5.75 Å². The summed E-state index contributed by atoms with van der Waals surface area (Å²) in [6, 6.07) is 8.77. The zero-order valence-electron chi connectivity index (χ0n) is 12.9. The van der Waals surface area contributed by atoms with Crippen LogP contribution in [0.3, 0.4) is 0 Å². The lowest BCUT2D eigenvalue weighted by molar-refractivity contribution is 0.0288. The SMILES string of the molecule is CCC(C)c1ccc(OC2(C(C)C)CCCC2)cc1. The van der Waals surface area contributed by atoms with Crippen LogP contribution in [0.4, 0.5) is 0 Å². The van der Waals surface area contributed by atoms with Gasteiger partial charge in [-0.15, -0.1) is 0 Å². The summed E-state index contributed by atoms with van der Waals surface area (Å²) in [6.07, 6.45) is 6.22. The molecule has 1 atom stereocenters. The molecule has 1 heteroatoms. The minimum absolute atomic E-state index is 0.0812. The second-order valence-electron chi connectivity index (χ2n) is 6.41. The van der Waals surface area contributed by atoms with E-state index in [1.54, 1.807) is 0 Å². The minimum Gasteiger partial charge on any atom is -0.487 e. The Kier molecular flexibility index (Phi) is 4.54. The lowest BCUT2D eigenvalue weighted by Crippen LogP contribution is -2.38. The van der Waals surface area contributed by atoms with Crippen molar-refractivity contribution in [3.8, 4) is 5.75 Å². The maximum absolute atomic E-state index is 6.39. The number of benzene rings is 1. The van der Waals surface area contributed by atoms with E-state index in [2.05, 4.69) is 52.0 Å². The first-order chi connectivity index (χ1) is 9.07. The lowest BCUT2D eigenvalue weighted by Gasteiger charge is -2.34. The van der Waals surface area contributed by atoms with Crippen molar-refractivity contribution in [1.29, 1.82) is 0 Å². The Hall–Kier alpha value is -0.980. The molecule has 0 N–H and O–H groups in total. The van der Waals surface area contributed by atoms with E-state index < -0.39 is 0 Å². The Morgan fingerprint density at radius 2 is 1.63 bits per heavy atom. The van der Waals surface area contributed by atoms with E-state index in [0.29, 0.717) is 11.8 Å². The Labute approximate surface area is 118 Å². The van der Waals surface area contributed by atoms with Crippen LogP contribution in [0, 0.1) is 5.92 Å². The molecule has 2 rings (SSSR count). The molecule has 1 fully saturated rings. The molecule has 0 amide bonds. The van der Waals surface area contributed by atoms with Crippen LogP contribution in [0.15, 0.2) is 24.3 Å². The molecule has 0 radical (unpaired) electrons. The molecule has 0 aliphatic heterocycles. The Morgan fingerprint density at radius 1 is 1.05 bits per heavy atom. The van der Waals surface area contributed by atoms with Crippen LogP contribution in [0.2, 0.25) is 0 Å². The van der Waals surface area contributed by atoms with E-state index in [-0.39, 0.29) is 5.60 Å². The molecule has 1 aliphatic rings. The van der Waals surface area contributed by atoms with E-state index in [1.165, 1.54) is 37.7 Å². The van der Waals surface area contributed by atoms with Gasteiger partial charge in [0, 0.05) is 0 Å². The third-order valence-electron chi connectivity index (χ3n) is 4.88. The van der Waals surface area contributed by atoms with E-state index in [9.17, 15) is 0 Å². The summed E-state index contributed by atoms with van der Waals surface area (Å²) in [5.74, 6) is 2.27. The van der Waals surface area contributed by atoms with Gasteiger partial charge in [-0.25, -0.2) is 0 Å². The number of hydrogen-bond donors (Lipinski definition) is 0. The molecular weight excluding hydrogens is 232 g/mol. The molecule has 106 valence electrons. The third-order valence-corrected chi connectivity index (χ3v) is 4.88. The molecule has 0 spiro atoms. The molecule has 19 heavy (non-hydrogen) atoms. The Bertz CT molecular complexity index is 385. The topological polar surface area (TPSA) is 9.23 Å².